The fraction of sp³-hybridized carbons (Fsp3) is 0.188. The van der Waals surface area contributed by atoms with E-state index in [1.54, 1.807) is 12.3 Å². The van der Waals surface area contributed by atoms with E-state index in [1.807, 2.05) is 30.3 Å². The summed E-state index contributed by atoms with van der Waals surface area (Å²) in [6, 6.07) is 11.3. The van der Waals surface area contributed by atoms with Crippen LogP contribution >= 0.6 is 11.6 Å². The third kappa shape index (κ3) is 3.27. The quantitative estimate of drug-likeness (QED) is 0.654. The molecule has 2 heterocycles. The molecule has 0 radical (unpaired) electrons. The molecule has 1 aliphatic carbocycles. The number of halogens is 1. The molecule has 0 amide bonds. The maximum Gasteiger partial charge on any atom is 0.229 e. The molecule has 4 rings (SSSR count). The van der Waals surface area contributed by atoms with Gasteiger partial charge in [-0.05, 0) is 31.0 Å². The molecule has 23 heavy (non-hydrogen) atoms. The Kier molecular flexibility index (Phi) is 3.59. The van der Waals surface area contributed by atoms with E-state index in [2.05, 4.69) is 30.8 Å². The molecule has 6 nitrogen and oxygen atoms in total. The van der Waals surface area contributed by atoms with Crippen molar-refractivity contribution in [1.82, 2.24) is 20.2 Å². The molecule has 2 aromatic heterocycles. The Morgan fingerprint density at radius 3 is 2.78 bits per heavy atom. The third-order valence-electron chi connectivity index (χ3n) is 3.65. The first-order chi connectivity index (χ1) is 11.3. The number of aromatic nitrogens is 4. The first-order valence-corrected chi connectivity index (χ1v) is 7.83. The number of hydrogen-bond acceptors (Lipinski definition) is 5. The van der Waals surface area contributed by atoms with Crippen molar-refractivity contribution in [2.45, 2.75) is 18.8 Å². The number of aromatic amines is 1. The standard InChI is InChI=1S/C16H15ClN6/c17-11-3-1-2-4-12(11)19-16-18-8-7-14(21-16)20-15-9-13(22-23-15)10-5-6-10/h1-4,7-10H,5-6H2,(H3,18,19,20,21,22,23). The zero-order valence-corrected chi connectivity index (χ0v) is 13.0. The molecule has 0 spiro atoms. The van der Waals surface area contributed by atoms with Crippen LogP contribution in [0.15, 0.2) is 42.6 Å². The summed E-state index contributed by atoms with van der Waals surface area (Å²) in [5.41, 5.74) is 1.94. The van der Waals surface area contributed by atoms with Gasteiger partial charge in [-0.2, -0.15) is 10.1 Å². The number of anilines is 4. The Morgan fingerprint density at radius 2 is 1.96 bits per heavy atom. The van der Waals surface area contributed by atoms with Gasteiger partial charge in [-0.1, -0.05) is 23.7 Å². The average Bonchev–Trinajstić information content (AvgIpc) is 3.30. The Balaban J connectivity index is 1.50. The number of rotatable bonds is 5. The van der Waals surface area contributed by atoms with Crippen LogP contribution in [0.1, 0.15) is 24.5 Å². The lowest BCUT2D eigenvalue weighted by molar-refractivity contribution is 0.966. The van der Waals surface area contributed by atoms with Crippen molar-refractivity contribution in [2.75, 3.05) is 10.6 Å². The molecular formula is C16H15ClN6. The summed E-state index contributed by atoms with van der Waals surface area (Å²) in [5, 5.41) is 14.2. The van der Waals surface area contributed by atoms with Crippen LogP contribution in [0.5, 0.6) is 0 Å². The molecule has 3 aromatic rings. The lowest BCUT2D eigenvalue weighted by Crippen LogP contribution is -2.00. The Labute approximate surface area is 138 Å². The highest BCUT2D eigenvalue weighted by atomic mass is 35.5. The molecule has 0 bridgehead atoms. The van der Waals surface area contributed by atoms with Crippen LogP contribution in [-0.2, 0) is 0 Å². The van der Waals surface area contributed by atoms with Gasteiger partial charge in [0, 0.05) is 23.9 Å². The van der Waals surface area contributed by atoms with Gasteiger partial charge in [0.05, 0.1) is 10.7 Å². The van der Waals surface area contributed by atoms with Gasteiger partial charge in [-0.15, -0.1) is 0 Å². The molecule has 3 N–H and O–H groups in total. The monoisotopic (exact) mass is 326 g/mol. The molecule has 1 aliphatic rings. The highest BCUT2D eigenvalue weighted by Gasteiger charge is 2.25. The van der Waals surface area contributed by atoms with Crippen LogP contribution in [0.3, 0.4) is 0 Å². The normalized spacial score (nSPS) is 13.8. The number of nitrogens with zero attached hydrogens (tertiary/aromatic N) is 3. The predicted octanol–water partition coefficient (Wildman–Crippen LogP) is 4.22. The topological polar surface area (TPSA) is 78.5 Å². The average molecular weight is 327 g/mol. The largest absolute Gasteiger partial charge is 0.323 e. The number of hydrogen-bond donors (Lipinski definition) is 3. The molecule has 0 unspecified atom stereocenters. The minimum absolute atomic E-state index is 0.473. The zero-order valence-electron chi connectivity index (χ0n) is 12.3. The zero-order chi connectivity index (χ0) is 15.6. The van der Waals surface area contributed by atoms with Crippen LogP contribution in [0, 0.1) is 0 Å². The van der Waals surface area contributed by atoms with Crippen molar-refractivity contribution in [2.24, 2.45) is 0 Å². The van der Waals surface area contributed by atoms with E-state index in [4.69, 9.17) is 11.6 Å². The second-order valence-corrected chi connectivity index (χ2v) is 5.89. The Hall–Kier alpha value is -2.60. The number of benzene rings is 1. The first-order valence-electron chi connectivity index (χ1n) is 7.45. The Morgan fingerprint density at radius 1 is 1.09 bits per heavy atom. The summed E-state index contributed by atoms with van der Waals surface area (Å²) in [6.45, 7) is 0. The van der Waals surface area contributed by atoms with Crippen LogP contribution in [0.4, 0.5) is 23.3 Å². The summed E-state index contributed by atoms with van der Waals surface area (Å²) in [5.74, 6) is 2.54. The van der Waals surface area contributed by atoms with E-state index >= 15 is 0 Å². The Bertz CT molecular complexity index is 827. The van der Waals surface area contributed by atoms with Gasteiger partial charge in [0.15, 0.2) is 5.82 Å². The minimum Gasteiger partial charge on any atom is -0.323 e. The summed E-state index contributed by atoms with van der Waals surface area (Å²) in [6.07, 6.45) is 4.16. The van der Waals surface area contributed by atoms with Crippen molar-refractivity contribution in [3.05, 3.63) is 53.3 Å². The van der Waals surface area contributed by atoms with Crippen molar-refractivity contribution in [3.8, 4) is 0 Å². The number of para-hydroxylation sites is 1. The second kappa shape index (κ2) is 5.89. The maximum atomic E-state index is 6.13. The predicted molar refractivity (Wildman–Crippen MR) is 90.6 cm³/mol. The summed E-state index contributed by atoms with van der Waals surface area (Å²) in [7, 11) is 0. The minimum atomic E-state index is 0.473. The summed E-state index contributed by atoms with van der Waals surface area (Å²) >= 11 is 6.13. The van der Waals surface area contributed by atoms with E-state index in [9.17, 15) is 0 Å². The second-order valence-electron chi connectivity index (χ2n) is 5.48. The van der Waals surface area contributed by atoms with Crippen molar-refractivity contribution in [1.29, 1.82) is 0 Å². The van der Waals surface area contributed by atoms with Crippen LogP contribution in [0.2, 0.25) is 5.02 Å². The van der Waals surface area contributed by atoms with E-state index < -0.39 is 0 Å². The highest BCUT2D eigenvalue weighted by molar-refractivity contribution is 6.33. The molecule has 116 valence electrons. The molecule has 0 saturated heterocycles. The van der Waals surface area contributed by atoms with Gasteiger partial charge in [-0.3, -0.25) is 5.10 Å². The number of nitrogens with one attached hydrogen (secondary N) is 3. The SMILES string of the molecule is Clc1ccccc1Nc1nccc(Nc2cc(C3CC3)[nH]n2)n1. The van der Waals surface area contributed by atoms with E-state index in [1.165, 1.54) is 18.5 Å². The molecule has 1 fully saturated rings. The molecular weight excluding hydrogens is 312 g/mol. The van der Waals surface area contributed by atoms with E-state index in [-0.39, 0.29) is 0 Å². The van der Waals surface area contributed by atoms with Crippen LogP contribution in [-0.4, -0.2) is 20.2 Å². The van der Waals surface area contributed by atoms with Gasteiger partial charge < -0.3 is 10.6 Å². The lowest BCUT2D eigenvalue weighted by Gasteiger charge is -2.08. The van der Waals surface area contributed by atoms with Gasteiger partial charge in [0.1, 0.15) is 5.82 Å². The molecule has 1 saturated carbocycles. The summed E-state index contributed by atoms with van der Waals surface area (Å²) < 4.78 is 0. The van der Waals surface area contributed by atoms with E-state index in [0.717, 1.165) is 11.5 Å². The fourth-order valence-electron chi connectivity index (χ4n) is 2.31. The molecule has 7 heteroatoms. The van der Waals surface area contributed by atoms with Crippen LogP contribution in [0.25, 0.3) is 0 Å². The third-order valence-corrected chi connectivity index (χ3v) is 3.98. The highest BCUT2D eigenvalue weighted by Crippen LogP contribution is 2.39. The van der Waals surface area contributed by atoms with Gasteiger partial charge >= 0.3 is 0 Å². The van der Waals surface area contributed by atoms with Crippen molar-refractivity contribution < 1.29 is 0 Å². The van der Waals surface area contributed by atoms with Crippen molar-refractivity contribution in [3.63, 3.8) is 0 Å². The number of H-pyrrole nitrogens is 1. The van der Waals surface area contributed by atoms with Gasteiger partial charge in [-0.25, -0.2) is 4.98 Å². The summed E-state index contributed by atoms with van der Waals surface area (Å²) in [4.78, 5) is 8.64. The molecule has 0 aliphatic heterocycles. The molecule has 1 aromatic carbocycles. The van der Waals surface area contributed by atoms with Gasteiger partial charge in [0.25, 0.3) is 0 Å². The fourth-order valence-corrected chi connectivity index (χ4v) is 2.49. The van der Waals surface area contributed by atoms with Crippen molar-refractivity contribution >= 4 is 34.9 Å². The van der Waals surface area contributed by atoms with Gasteiger partial charge in [0.2, 0.25) is 5.95 Å². The lowest BCUT2D eigenvalue weighted by atomic mass is 10.3. The van der Waals surface area contributed by atoms with E-state index in [0.29, 0.717) is 22.7 Å². The molecule has 0 atom stereocenters. The van der Waals surface area contributed by atoms with Crippen LogP contribution < -0.4 is 10.6 Å². The maximum absolute atomic E-state index is 6.13. The smallest absolute Gasteiger partial charge is 0.229 e. The first kappa shape index (κ1) is 14.0.